The molecule has 1 aliphatic rings. The number of nitrogens with zero attached hydrogens (tertiary/aromatic N) is 1. The summed E-state index contributed by atoms with van der Waals surface area (Å²) in [5.74, 6) is 0.459. The molecule has 1 fully saturated rings. The second-order valence-electron chi connectivity index (χ2n) is 3.00. The third-order valence-corrected chi connectivity index (χ3v) is 2.40. The molecule has 0 spiro atoms. The SMILES string of the molecule is Cl.O=C(c1ccc(Br)cn1)C1CC1. The van der Waals surface area contributed by atoms with Crippen molar-refractivity contribution in [1.29, 1.82) is 0 Å². The van der Waals surface area contributed by atoms with Gasteiger partial charge in [-0.15, -0.1) is 12.4 Å². The number of hydrogen-bond acceptors (Lipinski definition) is 2. The van der Waals surface area contributed by atoms with Crippen LogP contribution in [0.15, 0.2) is 22.8 Å². The van der Waals surface area contributed by atoms with Gasteiger partial charge in [-0.2, -0.15) is 0 Å². The van der Waals surface area contributed by atoms with Crippen molar-refractivity contribution in [3.05, 3.63) is 28.5 Å². The number of halogens is 2. The fraction of sp³-hybridized carbons (Fsp3) is 0.333. The van der Waals surface area contributed by atoms with Crippen molar-refractivity contribution in [1.82, 2.24) is 4.98 Å². The van der Waals surface area contributed by atoms with Gasteiger partial charge in [0.25, 0.3) is 0 Å². The van der Waals surface area contributed by atoms with Gasteiger partial charge >= 0.3 is 0 Å². The van der Waals surface area contributed by atoms with Crippen LogP contribution in [0.2, 0.25) is 0 Å². The summed E-state index contributed by atoms with van der Waals surface area (Å²) in [4.78, 5) is 15.5. The molecule has 70 valence electrons. The number of pyridine rings is 1. The second kappa shape index (κ2) is 4.20. The Morgan fingerprint density at radius 1 is 1.46 bits per heavy atom. The van der Waals surface area contributed by atoms with E-state index < -0.39 is 0 Å². The Morgan fingerprint density at radius 2 is 2.15 bits per heavy atom. The number of carbonyl (C=O) groups is 1. The van der Waals surface area contributed by atoms with Crippen LogP contribution in [0.1, 0.15) is 23.3 Å². The fourth-order valence-corrected chi connectivity index (χ4v) is 1.31. The average molecular weight is 263 g/mol. The van der Waals surface area contributed by atoms with E-state index in [4.69, 9.17) is 0 Å². The Balaban J connectivity index is 0.000000845. The van der Waals surface area contributed by atoms with Crippen molar-refractivity contribution in [3.8, 4) is 0 Å². The average Bonchev–Trinajstić information content (AvgIpc) is 2.87. The minimum atomic E-state index is 0. The molecular weight excluding hydrogens is 253 g/mol. The van der Waals surface area contributed by atoms with Gasteiger partial charge in [-0.05, 0) is 40.9 Å². The highest BCUT2D eigenvalue weighted by molar-refractivity contribution is 9.10. The van der Waals surface area contributed by atoms with Gasteiger partial charge in [0.2, 0.25) is 0 Å². The van der Waals surface area contributed by atoms with E-state index >= 15 is 0 Å². The predicted octanol–water partition coefficient (Wildman–Crippen LogP) is 2.86. The molecule has 4 heteroatoms. The van der Waals surface area contributed by atoms with Gasteiger partial charge in [-0.3, -0.25) is 9.78 Å². The first-order valence-corrected chi connectivity index (χ1v) is 4.72. The summed E-state index contributed by atoms with van der Waals surface area (Å²) in [5.41, 5.74) is 0.598. The van der Waals surface area contributed by atoms with Crippen molar-refractivity contribution in [2.24, 2.45) is 5.92 Å². The molecule has 0 amide bonds. The summed E-state index contributed by atoms with van der Waals surface area (Å²) in [6, 6.07) is 3.62. The van der Waals surface area contributed by atoms with Gasteiger partial charge in [0.15, 0.2) is 5.78 Å². The zero-order valence-electron chi connectivity index (χ0n) is 6.87. The Kier molecular flexibility index (Phi) is 3.45. The standard InChI is InChI=1S/C9H8BrNO.ClH/c10-7-3-4-8(11-5-7)9(12)6-1-2-6;/h3-6H,1-2H2;1H. The minimum Gasteiger partial charge on any atom is -0.292 e. The Labute approximate surface area is 91.3 Å². The van der Waals surface area contributed by atoms with E-state index in [1.807, 2.05) is 6.07 Å². The number of Topliss-reactive ketones (excluding diaryl/α,β-unsaturated/α-hetero) is 1. The van der Waals surface area contributed by atoms with Gasteiger partial charge in [-0.1, -0.05) is 0 Å². The van der Waals surface area contributed by atoms with Crippen LogP contribution >= 0.6 is 28.3 Å². The molecule has 1 aliphatic carbocycles. The van der Waals surface area contributed by atoms with E-state index in [0.29, 0.717) is 5.69 Å². The number of hydrogen-bond donors (Lipinski definition) is 0. The first-order chi connectivity index (χ1) is 5.77. The van der Waals surface area contributed by atoms with Crippen LogP contribution in [0.25, 0.3) is 0 Å². The van der Waals surface area contributed by atoms with E-state index in [-0.39, 0.29) is 24.1 Å². The van der Waals surface area contributed by atoms with Crippen molar-refractivity contribution in [3.63, 3.8) is 0 Å². The van der Waals surface area contributed by atoms with Crippen molar-refractivity contribution in [2.45, 2.75) is 12.8 Å². The molecule has 0 bridgehead atoms. The number of carbonyl (C=O) groups excluding carboxylic acids is 1. The molecule has 0 N–H and O–H groups in total. The zero-order valence-corrected chi connectivity index (χ0v) is 9.27. The van der Waals surface area contributed by atoms with Crippen molar-refractivity contribution in [2.75, 3.05) is 0 Å². The van der Waals surface area contributed by atoms with Gasteiger partial charge in [0.1, 0.15) is 5.69 Å². The second-order valence-corrected chi connectivity index (χ2v) is 3.92. The normalized spacial score (nSPS) is 14.8. The number of rotatable bonds is 2. The summed E-state index contributed by atoms with van der Waals surface area (Å²) in [7, 11) is 0. The molecule has 2 nitrogen and oxygen atoms in total. The van der Waals surface area contributed by atoms with Gasteiger partial charge in [0.05, 0.1) is 0 Å². The van der Waals surface area contributed by atoms with E-state index in [1.54, 1.807) is 12.3 Å². The van der Waals surface area contributed by atoms with Gasteiger partial charge < -0.3 is 0 Å². The van der Waals surface area contributed by atoms with E-state index in [1.165, 1.54) is 0 Å². The lowest BCUT2D eigenvalue weighted by atomic mass is 10.2. The maximum Gasteiger partial charge on any atom is 0.184 e. The largest absolute Gasteiger partial charge is 0.292 e. The minimum absolute atomic E-state index is 0. The number of aromatic nitrogens is 1. The van der Waals surface area contributed by atoms with Gasteiger partial charge in [0, 0.05) is 16.6 Å². The first-order valence-electron chi connectivity index (χ1n) is 3.93. The highest BCUT2D eigenvalue weighted by Gasteiger charge is 2.30. The molecule has 1 aromatic heterocycles. The highest BCUT2D eigenvalue weighted by atomic mass is 79.9. The molecule has 1 heterocycles. The molecule has 13 heavy (non-hydrogen) atoms. The lowest BCUT2D eigenvalue weighted by Gasteiger charge is -1.96. The van der Waals surface area contributed by atoms with Crippen LogP contribution in [0, 0.1) is 5.92 Å². The molecule has 0 saturated heterocycles. The van der Waals surface area contributed by atoms with Crippen LogP contribution in [-0.2, 0) is 0 Å². The van der Waals surface area contributed by atoms with E-state index in [2.05, 4.69) is 20.9 Å². The molecule has 1 aromatic rings. The topological polar surface area (TPSA) is 30.0 Å². The lowest BCUT2D eigenvalue weighted by Crippen LogP contribution is -2.03. The van der Waals surface area contributed by atoms with Crippen molar-refractivity contribution < 1.29 is 4.79 Å². The number of ketones is 1. The third-order valence-electron chi connectivity index (χ3n) is 1.93. The Bertz CT molecular complexity index is 308. The van der Waals surface area contributed by atoms with Crippen LogP contribution in [0.3, 0.4) is 0 Å². The molecule has 0 aliphatic heterocycles. The third kappa shape index (κ3) is 2.51. The van der Waals surface area contributed by atoms with Crippen LogP contribution in [0.5, 0.6) is 0 Å². The molecule has 0 aromatic carbocycles. The van der Waals surface area contributed by atoms with E-state index in [0.717, 1.165) is 17.3 Å². The monoisotopic (exact) mass is 261 g/mol. The van der Waals surface area contributed by atoms with Crippen molar-refractivity contribution >= 4 is 34.1 Å². The summed E-state index contributed by atoms with van der Waals surface area (Å²) in [5, 5.41) is 0. The van der Waals surface area contributed by atoms with E-state index in [9.17, 15) is 4.79 Å². The van der Waals surface area contributed by atoms with Crippen LogP contribution in [0.4, 0.5) is 0 Å². The molecular formula is C9H9BrClNO. The Hall–Kier alpha value is -0.410. The quantitative estimate of drug-likeness (QED) is 0.767. The van der Waals surface area contributed by atoms with Gasteiger partial charge in [-0.25, -0.2) is 0 Å². The zero-order chi connectivity index (χ0) is 8.55. The van der Waals surface area contributed by atoms with Crippen LogP contribution in [-0.4, -0.2) is 10.8 Å². The fourth-order valence-electron chi connectivity index (χ4n) is 1.08. The highest BCUT2D eigenvalue weighted by Crippen LogP contribution is 2.32. The van der Waals surface area contributed by atoms with Crippen LogP contribution < -0.4 is 0 Å². The molecule has 1 saturated carbocycles. The summed E-state index contributed by atoms with van der Waals surface area (Å²) >= 11 is 3.27. The summed E-state index contributed by atoms with van der Waals surface area (Å²) in [6.07, 6.45) is 3.74. The molecule has 0 atom stereocenters. The summed E-state index contributed by atoms with van der Waals surface area (Å²) in [6.45, 7) is 0. The summed E-state index contributed by atoms with van der Waals surface area (Å²) < 4.78 is 0.912. The smallest absolute Gasteiger partial charge is 0.184 e. The predicted molar refractivity (Wildman–Crippen MR) is 56.2 cm³/mol. The maximum atomic E-state index is 11.4. The Morgan fingerprint density at radius 3 is 2.62 bits per heavy atom. The molecule has 0 radical (unpaired) electrons. The molecule has 0 unspecified atom stereocenters. The maximum absolute atomic E-state index is 11.4. The lowest BCUT2D eigenvalue weighted by molar-refractivity contribution is 0.0963. The first kappa shape index (κ1) is 10.7. The molecule has 2 rings (SSSR count).